The molecular weight excluding hydrogens is 388 g/mol. The number of carbonyl (C=O) groups excluding carboxylic acids is 2. The standard InChI is InChI=1S/C20H22N6O2S/c1-4-26-18(16-7-5-6-12-21-16)23-24-20(26)29-13-17(27)22-15-10-8-14(9-11-15)19(28)25(2)3/h5-12H,4,13H2,1-3H3,(H,22,27). The smallest absolute Gasteiger partial charge is 0.253 e. The maximum absolute atomic E-state index is 12.3. The third-order valence-electron chi connectivity index (χ3n) is 4.08. The minimum absolute atomic E-state index is 0.0824. The van der Waals surface area contributed by atoms with Crippen LogP contribution in [0.1, 0.15) is 17.3 Å². The van der Waals surface area contributed by atoms with E-state index >= 15 is 0 Å². The summed E-state index contributed by atoms with van der Waals surface area (Å²) in [6.45, 7) is 2.67. The first-order chi connectivity index (χ1) is 14.0. The van der Waals surface area contributed by atoms with E-state index in [4.69, 9.17) is 0 Å². The monoisotopic (exact) mass is 410 g/mol. The summed E-state index contributed by atoms with van der Waals surface area (Å²) in [6, 6.07) is 12.4. The lowest BCUT2D eigenvalue weighted by atomic mass is 10.2. The molecule has 0 atom stereocenters. The first-order valence-corrected chi connectivity index (χ1v) is 10.1. The van der Waals surface area contributed by atoms with Gasteiger partial charge in [0.1, 0.15) is 5.69 Å². The Morgan fingerprint density at radius 2 is 1.86 bits per heavy atom. The van der Waals surface area contributed by atoms with Gasteiger partial charge in [0.2, 0.25) is 5.91 Å². The zero-order chi connectivity index (χ0) is 20.8. The molecule has 29 heavy (non-hydrogen) atoms. The molecule has 0 aliphatic carbocycles. The number of nitrogens with zero attached hydrogens (tertiary/aromatic N) is 5. The van der Waals surface area contributed by atoms with Crippen molar-refractivity contribution in [1.29, 1.82) is 0 Å². The molecule has 8 nitrogen and oxygen atoms in total. The SMILES string of the molecule is CCn1c(SCC(=O)Nc2ccc(C(=O)N(C)C)cc2)nnc1-c1ccccn1. The summed E-state index contributed by atoms with van der Waals surface area (Å²) in [5.74, 6) is 0.628. The number of rotatable bonds is 7. The number of hydrogen-bond acceptors (Lipinski definition) is 6. The Bertz CT molecular complexity index is 986. The van der Waals surface area contributed by atoms with Gasteiger partial charge < -0.3 is 14.8 Å². The molecule has 0 spiro atoms. The lowest BCUT2D eigenvalue weighted by Gasteiger charge is -2.11. The summed E-state index contributed by atoms with van der Waals surface area (Å²) < 4.78 is 1.93. The molecule has 0 fully saturated rings. The van der Waals surface area contributed by atoms with E-state index in [0.29, 0.717) is 28.8 Å². The molecule has 9 heteroatoms. The van der Waals surface area contributed by atoms with Crippen LogP contribution in [0.4, 0.5) is 5.69 Å². The topological polar surface area (TPSA) is 93.0 Å². The number of pyridine rings is 1. The molecule has 2 heterocycles. The Balaban J connectivity index is 1.61. The number of nitrogens with one attached hydrogen (secondary N) is 1. The molecule has 0 aliphatic rings. The van der Waals surface area contributed by atoms with Crippen molar-refractivity contribution >= 4 is 29.3 Å². The van der Waals surface area contributed by atoms with E-state index < -0.39 is 0 Å². The third-order valence-corrected chi connectivity index (χ3v) is 5.05. The van der Waals surface area contributed by atoms with Crippen LogP contribution < -0.4 is 5.32 Å². The van der Waals surface area contributed by atoms with Crippen LogP contribution >= 0.6 is 11.8 Å². The molecule has 3 aromatic rings. The van der Waals surface area contributed by atoms with Crippen LogP contribution in [0.3, 0.4) is 0 Å². The summed E-state index contributed by atoms with van der Waals surface area (Å²) in [5.41, 5.74) is 1.95. The molecule has 1 N–H and O–H groups in total. The molecule has 0 saturated carbocycles. The molecule has 0 bridgehead atoms. The summed E-state index contributed by atoms with van der Waals surface area (Å²) in [7, 11) is 3.40. The minimum atomic E-state index is -0.160. The van der Waals surface area contributed by atoms with Gasteiger partial charge in [-0.3, -0.25) is 14.6 Å². The lowest BCUT2D eigenvalue weighted by molar-refractivity contribution is -0.113. The Morgan fingerprint density at radius 3 is 2.48 bits per heavy atom. The van der Waals surface area contributed by atoms with Crippen molar-refractivity contribution in [2.75, 3.05) is 25.2 Å². The summed E-state index contributed by atoms with van der Waals surface area (Å²) in [4.78, 5) is 30.1. The van der Waals surface area contributed by atoms with Gasteiger partial charge in [-0.15, -0.1) is 10.2 Å². The molecule has 1 aromatic carbocycles. The fraction of sp³-hybridized carbons (Fsp3) is 0.250. The molecule has 0 aliphatic heterocycles. The third kappa shape index (κ3) is 5.00. The highest BCUT2D eigenvalue weighted by Crippen LogP contribution is 2.22. The highest BCUT2D eigenvalue weighted by Gasteiger charge is 2.15. The maximum Gasteiger partial charge on any atom is 0.253 e. The molecule has 0 radical (unpaired) electrons. The second kappa shape index (κ2) is 9.33. The number of amides is 2. The normalized spacial score (nSPS) is 10.6. The van der Waals surface area contributed by atoms with Crippen LogP contribution in [0, 0.1) is 0 Å². The highest BCUT2D eigenvalue weighted by molar-refractivity contribution is 7.99. The first-order valence-electron chi connectivity index (χ1n) is 9.08. The highest BCUT2D eigenvalue weighted by atomic mass is 32.2. The van der Waals surface area contributed by atoms with Gasteiger partial charge in [0.05, 0.1) is 5.75 Å². The van der Waals surface area contributed by atoms with Crippen molar-refractivity contribution in [3.05, 3.63) is 54.2 Å². The van der Waals surface area contributed by atoms with Gasteiger partial charge in [0, 0.05) is 38.1 Å². The van der Waals surface area contributed by atoms with E-state index in [9.17, 15) is 9.59 Å². The fourth-order valence-corrected chi connectivity index (χ4v) is 3.45. The summed E-state index contributed by atoms with van der Waals surface area (Å²) in [6.07, 6.45) is 1.71. The van der Waals surface area contributed by atoms with Gasteiger partial charge in [0.15, 0.2) is 11.0 Å². The zero-order valence-electron chi connectivity index (χ0n) is 16.5. The molecule has 2 amide bonds. The van der Waals surface area contributed by atoms with Gasteiger partial charge in [-0.25, -0.2) is 0 Å². The van der Waals surface area contributed by atoms with Crippen molar-refractivity contribution in [3.63, 3.8) is 0 Å². The van der Waals surface area contributed by atoms with E-state index in [2.05, 4.69) is 20.5 Å². The summed E-state index contributed by atoms with van der Waals surface area (Å²) in [5, 5.41) is 11.9. The lowest BCUT2D eigenvalue weighted by Crippen LogP contribution is -2.21. The van der Waals surface area contributed by atoms with Crippen molar-refractivity contribution in [1.82, 2.24) is 24.6 Å². The average molecular weight is 411 g/mol. The Kier molecular flexibility index (Phi) is 6.61. The van der Waals surface area contributed by atoms with Gasteiger partial charge in [0.25, 0.3) is 5.91 Å². The number of aromatic nitrogens is 4. The molecule has 0 saturated heterocycles. The predicted octanol–water partition coefficient (Wildman–Crippen LogP) is 2.79. The quantitative estimate of drug-likeness (QED) is 0.602. The van der Waals surface area contributed by atoms with Crippen LogP contribution in [0.5, 0.6) is 0 Å². The maximum atomic E-state index is 12.3. The average Bonchev–Trinajstić information content (AvgIpc) is 3.16. The number of anilines is 1. The Hall–Kier alpha value is -3.20. The van der Waals surface area contributed by atoms with Crippen LogP contribution in [0.15, 0.2) is 53.8 Å². The van der Waals surface area contributed by atoms with Crippen molar-refractivity contribution in [2.24, 2.45) is 0 Å². The van der Waals surface area contributed by atoms with E-state index in [1.807, 2.05) is 29.7 Å². The van der Waals surface area contributed by atoms with Gasteiger partial charge in [-0.2, -0.15) is 0 Å². The van der Waals surface area contributed by atoms with E-state index in [1.54, 1.807) is 44.6 Å². The number of hydrogen-bond donors (Lipinski definition) is 1. The number of benzene rings is 1. The molecule has 150 valence electrons. The number of thioether (sulfide) groups is 1. The van der Waals surface area contributed by atoms with Crippen molar-refractivity contribution < 1.29 is 9.59 Å². The number of carbonyl (C=O) groups is 2. The molecular formula is C20H22N6O2S. The van der Waals surface area contributed by atoms with Crippen molar-refractivity contribution in [2.45, 2.75) is 18.6 Å². The molecule has 2 aromatic heterocycles. The molecule has 0 unspecified atom stereocenters. The second-order valence-corrected chi connectivity index (χ2v) is 7.32. The van der Waals surface area contributed by atoms with Crippen molar-refractivity contribution in [3.8, 4) is 11.5 Å². The molecule has 3 rings (SSSR count). The Labute approximate surface area is 173 Å². The zero-order valence-corrected chi connectivity index (χ0v) is 17.3. The minimum Gasteiger partial charge on any atom is -0.345 e. The fourth-order valence-electron chi connectivity index (χ4n) is 2.65. The van der Waals surface area contributed by atoms with Crippen LogP contribution in [0.25, 0.3) is 11.5 Å². The second-order valence-electron chi connectivity index (χ2n) is 6.38. The first kappa shape index (κ1) is 20.5. The van der Waals surface area contributed by atoms with Gasteiger partial charge in [-0.1, -0.05) is 17.8 Å². The van der Waals surface area contributed by atoms with E-state index in [1.165, 1.54) is 16.7 Å². The van der Waals surface area contributed by atoms with Gasteiger partial charge in [-0.05, 0) is 43.3 Å². The van der Waals surface area contributed by atoms with Crippen LogP contribution in [0.2, 0.25) is 0 Å². The van der Waals surface area contributed by atoms with E-state index in [-0.39, 0.29) is 17.6 Å². The van der Waals surface area contributed by atoms with Gasteiger partial charge >= 0.3 is 0 Å². The van der Waals surface area contributed by atoms with Crippen LogP contribution in [-0.4, -0.2) is 56.3 Å². The van der Waals surface area contributed by atoms with Crippen LogP contribution in [-0.2, 0) is 11.3 Å². The largest absolute Gasteiger partial charge is 0.345 e. The Morgan fingerprint density at radius 1 is 1.10 bits per heavy atom. The summed E-state index contributed by atoms with van der Waals surface area (Å²) >= 11 is 1.32. The van der Waals surface area contributed by atoms with E-state index in [0.717, 1.165) is 5.69 Å². The predicted molar refractivity (Wildman–Crippen MR) is 113 cm³/mol.